The summed E-state index contributed by atoms with van der Waals surface area (Å²) >= 11 is 5.77. The Labute approximate surface area is 98.2 Å². The van der Waals surface area contributed by atoms with E-state index in [0.717, 1.165) is 19.4 Å². The number of H-pyrrole nitrogens is 1. The first-order valence-corrected chi connectivity index (χ1v) is 5.63. The molecule has 1 aromatic rings. The summed E-state index contributed by atoms with van der Waals surface area (Å²) in [5, 5.41) is 3.15. The van der Waals surface area contributed by atoms with E-state index >= 15 is 0 Å². The predicted molar refractivity (Wildman–Crippen MR) is 60.9 cm³/mol. The third-order valence-electron chi connectivity index (χ3n) is 2.73. The monoisotopic (exact) mass is 243 g/mol. The summed E-state index contributed by atoms with van der Waals surface area (Å²) in [7, 11) is 1.93. The van der Waals surface area contributed by atoms with E-state index in [4.69, 9.17) is 16.3 Å². The van der Waals surface area contributed by atoms with Crippen molar-refractivity contribution in [1.82, 2.24) is 15.3 Å². The topological polar surface area (TPSA) is 67.0 Å². The quantitative estimate of drug-likeness (QED) is 0.821. The van der Waals surface area contributed by atoms with Crippen LogP contribution in [0.3, 0.4) is 0 Å². The molecule has 2 N–H and O–H groups in total. The fourth-order valence-electron chi connectivity index (χ4n) is 1.83. The first-order valence-electron chi connectivity index (χ1n) is 5.25. The van der Waals surface area contributed by atoms with E-state index in [1.54, 1.807) is 0 Å². The van der Waals surface area contributed by atoms with Crippen molar-refractivity contribution in [2.24, 2.45) is 5.92 Å². The Hall–Kier alpha value is -1.07. The summed E-state index contributed by atoms with van der Waals surface area (Å²) in [6, 6.07) is 0. The molecule has 0 bridgehead atoms. The number of hydrogen-bond acceptors (Lipinski definition) is 4. The molecule has 0 unspecified atom stereocenters. The van der Waals surface area contributed by atoms with Crippen LogP contribution in [-0.2, 0) is 0 Å². The van der Waals surface area contributed by atoms with Gasteiger partial charge in [-0.05, 0) is 32.4 Å². The average molecular weight is 244 g/mol. The lowest BCUT2D eigenvalue weighted by molar-refractivity contribution is 0.0615. The van der Waals surface area contributed by atoms with Gasteiger partial charge in [0, 0.05) is 0 Å². The summed E-state index contributed by atoms with van der Waals surface area (Å²) in [6.45, 7) is 0.996. The van der Waals surface area contributed by atoms with E-state index in [-0.39, 0.29) is 22.6 Å². The zero-order valence-electron chi connectivity index (χ0n) is 9.00. The van der Waals surface area contributed by atoms with Crippen LogP contribution in [0, 0.1) is 5.92 Å². The predicted octanol–water partition coefficient (Wildman–Crippen LogP) is 0.800. The summed E-state index contributed by atoms with van der Waals surface area (Å²) in [5.41, 5.74) is -0.363. The Morgan fingerprint density at radius 3 is 3.12 bits per heavy atom. The molecule has 0 aliphatic heterocycles. The fraction of sp³-hybridized carbons (Fsp3) is 0.600. The molecule has 1 fully saturated rings. The van der Waals surface area contributed by atoms with Gasteiger partial charge < -0.3 is 15.0 Å². The van der Waals surface area contributed by atoms with E-state index in [0.29, 0.717) is 5.92 Å². The van der Waals surface area contributed by atoms with Crippen molar-refractivity contribution >= 4 is 11.6 Å². The molecule has 1 aromatic heterocycles. The first-order chi connectivity index (χ1) is 7.70. The molecule has 1 aliphatic rings. The molecule has 0 saturated heterocycles. The number of nitrogens with zero attached hydrogens (tertiary/aromatic N) is 1. The van der Waals surface area contributed by atoms with Crippen molar-refractivity contribution < 1.29 is 4.74 Å². The van der Waals surface area contributed by atoms with Crippen LogP contribution in [0.4, 0.5) is 0 Å². The molecular formula is C10H14ClN3O2. The first kappa shape index (κ1) is 11.4. The Bertz CT molecular complexity index is 415. The Morgan fingerprint density at radius 1 is 1.69 bits per heavy atom. The fourth-order valence-corrected chi connectivity index (χ4v) is 1.98. The van der Waals surface area contributed by atoms with Crippen molar-refractivity contribution in [3.05, 3.63) is 21.7 Å². The Morgan fingerprint density at radius 2 is 2.44 bits per heavy atom. The highest BCUT2D eigenvalue weighted by Crippen LogP contribution is 2.31. The molecule has 2 rings (SSSR count). The van der Waals surface area contributed by atoms with Crippen LogP contribution in [0.1, 0.15) is 12.8 Å². The number of nitrogens with one attached hydrogen (secondary N) is 2. The number of ether oxygens (including phenoxy) is 1. The molecule has 0 radical (unpaired) electrons. The van der Waals surface area contributed by atoms with Gasteiger partial charge >= 0.3 is 0 Å². The van der Waals surface area contributed by atoms with Gasteiger partial charge in [0.2, 0.25) is 5.88 Å². The number of aromatic amines is 1. The van der Waals surface area contributed by atoms with E-state index in [9.17, 15) is 4.79 Å². The number of aromatic nitrogens is 2. The van der Waals surface area contributed by atoms with Gasteiger partial charge in [0.05, 0.1) is 6.33 Å². The largest absolute Gasteiger partial charge is 0.473 e. The highest BCUT2D eigenvalue weighted by Gasteiger charge is 2.31. The lowest BCUT2D eigenvalue weighted by atomic mass is 9.82. The maximum Gasteiger partial charge on any atom is 0.273 e. The van der Waals surface area contributed by atoms with Crippen molar-refractivity contribution in [2.75, 3.05) is 13.6 Å². The second-order valence-corrected chi connectivity index (χ2v) is 4.36. The number of hydrogen-bond donors (Lipinski definition) is 2. The molecule has 0 aromatic carbocycles. The van der Waals surface area contributed by atoms with Crippen LogP contribution in [0.25, 0.3) is 0 Å². The van der Waals surface area contributed by atoms with Crippen molar-refractivity contribution in [2.45, 2.75) is 18.9 Å². The van der Waals surface area contributed by atoms with Gasteiger partial charge in [0.15, 0.2) is 5.02 Å². The van der Waals surface area contributed by atoms with Gasteiger partial charge in [-0.1, -0.05) is 11.6 Å². The maximum atomic E-state index is 11.2. The minimum absolute atomic E-state index is 0.0274. The zero-order valence-corrected chi connectivity index (χ0v) is 9.75. The molecule has 1 heterocycles. The molecule has 16 heavy (non-hydrogen) atoms. The van der Waals surface area contributed by atoms with Gasteiger partial charge in [-0.2, -0.15) is 0 Å². The van der Waals surface area contributed by atoms with Crippen LogP contribution in [0.15, 0.2) is 11.1 Å². The third kappa shape index (κ3) is 2.36. The summed E-state index contributed by atoms with van der Waals surface area (Å²) in [5.74, 6) is 0.883. The van der Waals surface area contributed by atoms with Crippen LogP contribution in [0.2, 0.25) is 5.02 Å². The van der Waals surface area contributed by atoms with Gasteiger partial charge in [0.25, 0.3) is 5.56 Å². The highest BCUT2D eigenvalue weighted by molar-refractivity contribution is 6.31. The van der Waals surface area contributed by atoms with Crippen molar-refractivity contribution in [3.63, 3.8) is 0 Å². The lowest BCUT2D eigenvalue weighted by Gasteiger charge is -2.34. The number of halogens is 1. The SMILES string of the molecule is CNCC1CC(Oc2nc[nH]c(=O)c2Cl)C1. The molecule has 88 valence electrons. The van der Waals surface area contributed by atoms with Gasteiger partial charge in [-0.3, -0.25) is 4.79 Å². The minimum atomic E-state index is -0.363. The second-order valence-electron chi connectivity index (χ2n) is 3.99. The molecule has 1 aliphatic carbocycles. The van der Waals surface area contributed by atoms with Gasteiger partial charge in [-0.15, -0.1) is 0 Å². The van der Waals surface area contributed by atoms with Crippen LogP contribution in [-0.4, -0.2) is 29.7 Å². The molecule has 0 atom stereocenters. The Balaban J connectivity index is 1.92. The standard InChI is InChI=1S/C10H14ClN3O2/c1-12-4-6-2-7(3-6)16-10-8(11)9(15)13-5-14-10/h5-7,12H,2-4H2,1H3,(H,13,14,15). The van der Waals surface area contributed by atoms with E-state index in [1.165, 1.54) is 6.33 Å². The lowest BCUT2D eigenvalue weighted by Crippen LogP contribution is -2.39. The molecule has 1 saturated carbocycles. The highest BCUT2D eigenvalue weighted by atomic mass is 35.5. The summed E-state index contributed by atoms with van der Waals surface area (Å²) in [6.07, 6.45) is 3.38. The minimum Gasteiger partial charge on any atom is -0.473 e. The second kappa shape index (κ2) is 4.84. The van der Waals surface area contributed by atoms with E-state index in [1.807, 2.05) is 7.05 Å². The van der Waals surface area contributed by atoms with Crippen LogP contribution in [0.5, 0.6) is 5.88 Å². The summed E-state index contributed by atoms with van der Waals surface area (Å²) < 4.78 is 5.55. The Kier molecular flexibility index (Phi) is 3.46. The van der Waals surface area contributed by atoms with Crippen LogP contribution >= 0.6 is 11.6 Å². The van der Waals surface area contributed by atoms with Crippen molar-refractivity contribution in [1.29, 1.82) is 0 Å². The summed E-state index contributed by atoms with van der Waals surface area (Å²) in [4.78, 5) is 17.5. The van der Waals surface area contributed by atoms with E-state index in [2.05, 4.69) is 15.3 Å². The molecule has 0 spiro atoms. The van der Waals surface area contributed by atoms with Gasteiger partial charge in [-0.25, -0.2) is 4.98 Å². The molecular weight excluding hydrogens is 230 g/mol. The molecule has 0 amide bonds. The molecule has 6 heteroatoms. The molecule has 5 nitrogen and oxygen atoms in total. The maximum absolute atomic E-state index is 11.2. The smallest absolute Gasteiger partial charge is 0.273 e. The third-order valence-corrected chi connectivity index (χ3v) is 3.06. The van der Waals surface area contributed by atoms with Crippen molar-refractivity contribution in [3.8, 4) is 5.88 Å². The number of rotatable bonds is 4. The van der Waals surface area contributed by atoms with E-state index < -0.39 is 0 Å². The van der Waals surface area contributed by atoms with Gasteiger partial charge in [0.1, 0.15) is 6.10 Å². The average Bonchev–Trinajstić information content (AvgIpc) is 2.21. The normalized spacial score (nSPS) is 23.9. The zero-order chi connectivity index (χ0) is 11.5. The van der Waals surface area contributed by atoms with Crippen LogP contribution < -0.4 is 15.6 Å².